The lowest BCUT2D eigenvalue weighted by Crippen LogP contribution is -2.41. The van der Waals surface area contributed by atoms with Gasteiger partial charge in [0.15, 0.2) is 11.5 Å². The predicted octanol–water partition coefficient (Wildman–Crippen LogP) is 3.27. The molecule has 0 aliphatic carbocycles. The number of rotatable bonds is 7. The molecular formula is C22H27NO6S. The maximum atomic E-state index is 13.0. The van der Waals surface area contributed by atoms with E-state index in [2.05, 4.69) is 6.92 Å². The quantitative estimate of drug-likeness (QED) is 0.492. The van der Waals surface area contributed by atoms with Crippen LogP contribution in [0.5, 0.6) is 17.2 Å². The van der Waals surface area contributed by atoms with Crippen LogP contribution in [0.1, 0.15) is 25.3 Å². The molecule has 2 aromatic carbocycles. The summed E-state index contributed by atoms with van der Waals surface area (Å²) in [6, 6.07) is 12.0. The van der Waals surface area contributed by atoms with E-state index in [-0.39, 0.29) is 29.9 Å². The van der Waals surface area contributed by atoms with Crippen LogP contribution in [-0.2, 0) is 21.2 Å². The molecule has 0 radical (unpaired) electrons. The highest BCUT2D eigenvalue weighted by molar-refractivity contribution is 7.89. The van der Waals surface area contributed by atoms with E-state index in [0.29, 0.717) is 30.1 Å². The SMILES string of the molecule is CCc1ccc(OC(=O)C2CCN(S(=O)(=O)c3ccc(OC)c(OC)c3)CC2)cc1. The first kappa shape index (κ1) is 22.1. The monoisotopic (exact) mass is 433 g/mol. The summed E-state index contributed by atoms with van der Waals surface area (Å²) in [5, 5.41) is 0. The van der Waals surface area contributed by atoms with Gasteiger partial charge in [0, 0.05) is 19.2 Å². The van der Waals surface area contributed by atoms with Gasteiger partial charge < -0.3 is 14.2 Å². The topological polar surface area (TPSA) is 82.1 Å². The van der Waals surface area contributed by atoms with Crippen LogP contribution in [0.3, 0.4) is 0 Å². The summed E-state index contributed by atoms with van der Waals surface area (Å²) < 4.78 is 43.2. The van der Waals surface area contributed by atoms with E-state index in [9.17, 15) is 13.2 Å². The van der Waals surface area contributed by atoms with Gasteiger partial charge in [0.25, 0.3) is 0 Å². The Morgan fingerprint density at radius 2 is 1.63 bits per heavy atom. The number of benzene rings is 2. The highest BCUT2D eigenvalue weighted by Gasteiger charge is 2.33. The average molecular weight is 434 g/mol. The van der Waals surface area contributed by atoms with E-state index in [1.54, 1.807) is 18.2 Å². The largest absolute Gasteiger partial charge is 0.493 e. The minimum Gasteiger partial charge on any atom is -0.493 e. The molecule has 0 saturated carbocycles. The van der Waals surface area contributed by atoms with Gasteiger partial charge in [-0.1, -0.05) is 19.1 Å². The van der Waals surface area contributed by atoms with Gasteiger partial charge in [0.1, 0.15) is 5.75 Å². The first-order valence-corrected chi connectivity index (χ1v) is 11.4. The van der Waals surface area contributed by atoms with E-state index < -0.39 is 10.0 Å². The van der Waals surface area contributed by atoms with Crippen LogP contribution in [0.15, 0.2) is 47.4 Å². The molecule has 3 rings (SSSR count). The summed E-state index contributed by atoms with van der Waals surface area (Å²) in [6.07, 6.45) is 1.75. The Morgan fingerprint density at radius 3 is 2.20 bits per heavy atom. The molecule has 0 aromatic heterocycles. The average Bonchev–Trinajstić information content (AvgIpc) is 2.79. The second-order valence-corrected chi connectivity index (χ2v) is 9.05. The summed E-state index contributed by atoms with van der Waals surface area (Å²) in [4.78, 5) is 12.6. The summed E-state index contributed by atoms with van der Waals surface area (Å²) in [5.41, 5.74) is 1.17. The Balaban J connectivity index is 1.63. The number of carbonyl (C=O) groups is 1. The smallest absolute Gasteiger partial charge is 0.314 e. The maximum absolute atomic E-state index is 13.0. The zero-order chi connectivity index (χ0) is 21.7. The Kier molecular flexibility index (Phi) is 6.99. The molecule has 1 heterocycles. The molecular weight excluding hydrogens is 406 g/mol. The number of piperidine rings is 1. The second kappa shape index (κ2) is 9.49. The zero-order valence-electron chi connectivity index (χ0n) is 17.5. The van der Waals surface area contributed by atoms with E-state index >= 15 is 0 Å². The van der Waals surface area contributed by atoms with Crippen LogP contribution in [0.25, 0.3) is 0 Å². The molecule has 1 aliphatic heterocycles. The van der Waals surface area contributed by atoms with E-state index in [4.69, 9.17) is 14.2 Å². The Hall–Kier alpha value is -2.58. The first-order chi connectivity index (χ1) is 14.4. The fraction of sp³-hybridized carbons (Fsp3) is 0.409. The third-order valence-electron chi connectivity index (χ3n) is 5.33. The van der Waals surface area contributed by atoms with Crippen molar-refractivity contribution in [3.05, 3.63) is 48.0 Å². The van der Waals surface area contributed by atoms with Crippen molar-refractivity contribution in [2.45, 2.75) is 31.1 Å². The number of hydrogen-bond acceptors (Lipinski definition) is 6. The standard InChI is InChI=1S/C22H27NO6S/c1-4-16-5-7-18(8-6-16)29-22(24)17-11-13-23(14-12-17)30(25,26)19-9-10-20(27-2)21(15-19)28-3/h5-10,15,17H,4,11-14H2,1-3H3. The molecule has 0 spiro atoms. The molecule has 0 atom stereocenters. The molecule has 7 nitrogen and oxygen atoms in total. The molecule has 162 valence electrons. The molecule has 0 amide bonds. The van der Waals surface area contributed by atoms with Crippen LogP contribution >= 0.6 is 0 Å². The number of methoxy groups -OCH3 is 2. The van der Waals surface area contributed by atoms with Crippen LogP contribution in [0, 0.1) is 5.92 Å². The number of sulfonamides is 1. The van der Waals surface area contributed by atoms with Crippen LogP contribution in [0.4, 0.5) is 0 Å². The van der Waals surface area contributed by atoms with Gasteiger partial charge in [0.05, 0.1) is 25.0 Å². The van der Waals surface area contributed by atoms with Gasteiger partial charge in [0.2, 0.25) is 10.0 Å². The normalized spacial score (nSPS) is 15.6. The molecule has 1 saturated heterocycles. The summed E-state index contributed by atoms with van der Waals surface area (Å²) in [6.45, 7) is 2.57. The van der Waals surface area contributed by atoms with Crippen molar-refractivity contribution in [1.29, 1.82) is 0 Å². The lowest BCUT2D eigenvalue weighted by molar-refractivity contribution is -0.140. The summed E-state index contributed by atoms with van der Waals surface area (Å²) in [5.74, 6) is 0.684. The number of nitrogens with zero attached hydrogens (tertiary/aromatic N) is 1. The van der Waals surface area contributed by atoms with Crippen molar-refractivity contribution >= 4 is 16.0 Å². The lowest BCUT2D eigenvalue weighted by Gasteiger charge is -2.30. The summed E-state index contributed by atoms with van der Waals surface area (Å²) in [7, 11) is -0.736. The first-order valence-electron chi connectivity index (χ1n) is 9.91. The number of aryl methyl sites for hydroxylation is 1. The Bertz CT molecular complexity index is 979. The van der Waals surface area contributed by atoms with Gasteiger partial charge in [-0.3, -0.25) is 4.79 Å². The third kappa shape index (κ3) is 4.76. The Labute approximate surface area is 177 Å². The van der Waals surface area contributed by atoms with Crippen LogP contribution in [0.2, 0.25) is 0 Å². The highest BCUT2D eigenvalue weighted by Crippen LogP contribution is 2.32. The molecule has 30 heavy (non-hydrogen) atoms. The summed E-state index contributed by atoms with van der Waals surface area (Å²) >= 11 is 0. The van der Waals surface area contributed by atoms with Crippen molar-refractivity contribution < 1.29 is 27.4 Å². The fourth-order valence-corrected chi connectivity index (χ4v) is 4.94. The maximum Gasteiger partial charge on any atom is 0.314 e. The molecule has 0 unspecified atom stereocenters. The van der Waals surface area contributed by atoms with Crippen LogP contribution < -0.4 is 14.2 Å². The van der Waals surface area contributed by atoms with Gasteiger partial charge >= 0.3 is 5.97 Å². The molecule has 0 N–H and O–H groups in total. The van der Waals surface area contributed by atoms with Crippen molar-refractivity contribution in [1.82, 2.24) is 4.31 Å². The molecule has 1 fully saturated rings. The van der Waals surface area contributed by atoms with Crippen molar-refractivity contribution in [2.24, 2.45) is 5.92 Å². The fourth-order valence-electron chi connectivity index (χ4n) is 3.45. The van der Waals surface area contributed by atoms with Crippen molar-refractivity contribution in [3.8, 4) is 17.2 Å². The number of hydrogen-bond donors (Lipinski definition) is 0. The third-order valence-corrected chi connectivity index (χ3v) is 7.22. The molecule has 0 bridgehead atoms. The van der Waals surface area contributed by atoms with Gasteiger partial charge in [-0.25, -0.2) is 8.42 Å². The number of carbonyl (C=O) groups excluding carboxylic acids is 1. The van der Waals surface area contributed by atoms with Gasteiger partial charge in [-0.2, -0.15) is 4.31 Å². The van der Waals surface area contributed by atoms with E-state index in [1.807, 2.05) is 12.1 Å². The zero-order valence-corrected chi connectivity index (χ0v) is 18.3. The van der Waals surface area contributed by atoms with E-state index in [0.717, 1.165) is 6.42 Å². The van der Waals surface area contributed by atoms with Gasteiger partial charge in [-0.15, -0.1) is 0 Å². The highest BCUT2D eigenvalue weighted by atomic mass is 32.2. The lowest BCUT2D eigenvalue weighted by atomic mass is 9.98. The van der Waals surface area contributed by atoms with Crippen LogP contribution in [-0.4, -0.2) is 46.0 Å². The minimum atomic E-state index is -3.69. The Morgan fingerprint density at radius 1 is 1.00 bits per heavy atom. The van der Waals surface area contributed by atoms with E-state index in [1.165, 1.54) is 36.2 Å². The molecule has 1 aliphatic rings. The molecule has 2 aromatic rings. The number of esters is 1. The van der Waals surface area contributed by atoms with Crippen molar-refractivity contribution in [3.63, 3.8) is 0 Å². The number of ether oxygens (including phenoxy) is 3. The predicted molar refractivity (Wildman–Crippen MR) is 112 cm³/mol. The minimum absolute atomic E-state index is 0.136. The molecule has 8 heteroatoms. The van der Waals surface area contributed by atoms with Crippen molar-refractivity contribution in [2.75, 3.05) is 27.3 Å². The second-order valence-electron chi connectivity index (χ2n) is 7.11. The van der Waals surface area contributed by atoms with Gasteiger partial charge in [-0.05, 0) is 49.1 Å².